The smallest absolute Gasteiger partial charge is 0.407 e. The van der Waals surface area contributed by atoms with E-state index in [1.54, 1.807) is 0 Å². The van der Waals surface area contributed by atoms with E-state index in [9.17, 15) is 4.79 Å². The highest BCUT2D eigenvalue weighted by Gasteiger charge is 2.03. The van der Waals surface area contributed by atoms with E-state index in [0.717, 1.165) is 16.8 Å². The Morgan fingerprint density at radius 3 is 2.36 bits per heavy atom. The number of rotatable bonds is 5. The van der Waals surface area contributed by atoms with Crippen LogP contribution < -0.4 is 16.4 Å². The lowest BCUT2D eigenvalue weighted by atomic mass is 10.2. The topological polar surface area (TPSA) is 76.4 Å². The fraction of sp³-hybridized carbons (Fsp3) is 0.125. The Kier molecular flexibility index (Phi) is 5.73. The number of alkyl carbamates (subject to hydrolysis) is 1. The highest BCUT2D eigenvalue weighted by Crippen LogP contribution is 2.09. The third kappa shape index (κ3) is 5.41. The molecule has 0 aromatic heterocycles. The summed E-state index contributed by atoms with van der Waals surface area (Å²) in [6, 6.07) is 17.0. The van der Waals surface area contributed by atoms with E-state index in [4.69, 9.17) is 22.7 Å². The molecule has 5 nitrogen and oxygen atoms in total. The van der Waals surface area contributed by atoms with E-state index < -0.39 is 6.09 Å². The summed E-state index contributed by atoms with van der Waals surface area (Å²) in [6.45, 7) is 0.643. The summed E-state index contributed by atoms with van der Waals surface area (Å²) in [6.07, 6.45) is -0.450. The molecule has 2 rings (SSSR count). The first kappa shape index (κ1) is 15.8. The maximum atomic E-state index is 11.6. The first-order valence-corrected chi connectivity index (χ1v) is 7.14. The summed E-state index contributed by atoms with van der Waals surface area (Å²) in [7, 11) is 0. The number of carbonyl (C=O) groups excluding carboxylic acids is 1. The van der Waals surface area contributed by atoms with Gasteiger partial charge in [-0.25, -0.2) is 4.79 Å². The largest absolute Gasteiger partial charge is 0.445 e. The van der Waals surface area contributed by atoms with Crippen LogP contribution in [0.3, 0.4) is 0 Å². The minimum atomic E-state index is -0.450. The van der Waals surface area contributed by atoms with Gasteiger partial charge in [0.25, 0.3) is 0 Å². The van der Waals surface area contributed by atoms with E-state index in [0.29, 0.717) is 6.54 Å². The van der Waals surface area contributed by atoms with Crippen molar-refractivity contribution in [3.05, 3.63) is 65.7 Å². The number of thiocarbonyl (C=S) groups is 1. The Morgan fingerprint density at radius 1 is 1.05 bits per heavy atom. The van der Waals surface area contributed by atoms with Crippen LogP contribution in [0.2, 0.25) is 0 Å². The van der Waals surface area contributed by atoms with Gasteiger partial charge in [0.15, 0.2) is 5.11 Å². The monoisotopic (exact) mass is 315 g/mol. The molecule has 0 aliphatic heterocycles. The zero-order valence-electron chi connectivity index (χ0n) is 11.9. The van der Waals surface area contributed by atoms with Crippen LogP contribution in [0.1, 0.15) is 11.1 Å². The van der Waals surface area contributed by atoms with E-state index in [1.165, 1.54) is 0 Å². The van der Waals surface area contributed by atoms with Crippen molar-refractivity contribution in [2.24, 2.45) is 5.73 Å². The molecule has 2 aromatic carbocycles. The second-order valence-electron chi connectivity index (χ2n) is 4.60. The molecular weight excluding hydrogens is 298 g/mol. The summed E-state index contributed by atoms with van der Waals surface area (Å²) < 4.78 is 5.13. The van der Waals surface area contributed by atoms with Crippen LogP contribution in [-0.4, -0.2) is 11.2 Å². The van der Waals surface area contributed by atoms with Gasteiger partial charge in [-0.1, -0.05) is 42.5 Å². The molecule has 0 aliphatic rings. The number of amides is 1. The zero-order chi connectivity index (χ0) is 15.8. The van der Waals surface area contributed by atoms with Gasteiger partial charge in [0.1, 0.15) is 6.61 Å². The quantitative estimate of drug-likeness (QED) is 0.740. The van der Waals surface area contributed by atoms with Crippen molar-refractivity contribution in [3.63, 3.8) is 0 Å². The van der Waals surface area contributed by atoms with Crippen molar-refractivity contribution in [3.8, 4) is 0 Å². The second kappa shape index (κ2) is 7.99. The van der Waals surface area contributed by atoms with Crippen molar-refractivity contribution < 1.29 is 9.53 Å². The van der Waals surface area contributed by atoms with Gasteiger partial charge < -0.3 is 21.1 Å². The van der Waals surface area contributed by atoms with Crippen molar-refractivity contribution in [2.45, 2.75) is 13.2 Å². The molecular formula is C16H17N3O2S. The van der Waals surface area contributed by atoms with Gasteiger partial charge in [-0.15, -0.1) is 0 Å². The molecule has 6 heteroatoms. The number of benzene rings is 2. The van der Waals surface area contributed by atoms with Crippen molar-refractivity contribution in [1.29, 1.82) is 0 Å². The predicted molar refractivity (Wildman–Crippen MR) is 90.3 cm³/mol. The van der Waals surface area contributed by atoms with E-state index in [1.807, 2.05) is 54.6 Å². The average molecular weight is 315 g/mol. The summed E-state index contributed by atoms with van der Waals surface area (Å²) in [5.74, 6) is 0. The molecule has 0 radical (unpaired) electrons. The number of ether oxygens (including phenoxy) is 1. The number of hydrogen-bond donors (Lipinski definition) is 3. The van der Waals surface area contributed by atoms with Gasteiger partial charge in [-0.05, 0) is 35.5 Å². The van der Waals surface area contributed by atoms with Gasteiger partial charge >= 0.3 is 6.09 Å². The first-order valence-electron chi connectivity index (χ1n) is 6.73. The summed E-state index contributed by atoms with van der Waals surface area (Å²) >= 11 is 4.76. The number of nitrogens with one attached hydrogen (secondary N) is 2. The lowest BCUT2D eigenvalue weighted by Crippen LogP contribution is -2.23. The lowest BCUT2D eigenvalue weighted by Gasteiger charge is -2.08. The van der Waals surface area contributed by atoms with Gasteiger partial charge in [-0.3, -0.25) is 0 Å². The van der Waals surface area contributed by atoms with Crippen LogP contribution in [0, 0.1) is 0 Å². The fourth-order valence-corrected chi connectivity index (χ4v) is 1.91. The Morgan fingerprint density at radius 2 is 1.73 bits per heavy atom. The number of anilines is 1. The summed E-state index contributed by atoms with van der Waals surface area (Å²) in [4.78, 5) is 11.6. The number of carbonyl (C=O) groups is 1. The number of hydrogen-bond acceptors (Lipinski definition) is 3. The highest BCUT2D eigenvalue weighted by atomic mass is 32.1. The fourth-order valence-electron chi connectivity index (χ4n) is 1.80. The van der Waals surface area contributed by atoms with E-state index in [-0.39, 0.29) is 11.7 Å². The molecule has 0 saturated carbocycles. The molecule has 0 atom stereocenters. The van der Waals surface area contributed by atoms with Crippen LogP contribution in [-0.2, 0) is 17.9 Å². The van der Waals surface area contributed by atoms with Crippen LogP contribution in [0.15, 0.2) is 54.6 Å². The molecule has 1 amide bonds. The van der Waals surface area contributed by atoms with Crippen molar-refractivity contribution in [2.75, 3.05) is 5.32 Å². The van der Waals surface area contributed by atoms with Crippen molar-refractivity contribution >= 4 is 29.1 Å². The minimum Gasteiger partial charge on any atom is -0.445 e. The molecule has 4 N–H and O–H groups in total. The maximum absolute atomic E-state index is 11.6. The normalized spacial score (nSPS) is 9.82. The second-order valence-corrected chi connectivity index (χ2v) is 5.04. The molecule has 0 aliphatic carbocycles. The third-order valence-corrected chi connectivity index (χ3v) is 2.97. The van der Waals surface area contributed by atoms with Gasteiger partial charge in [0, 0.05) is 12.2 Å². The summed E-state index contributed by atoms with van der Waals surface area (Å²) in [5, 5.41) is 5.75. The molecule has 0 spiro atoms. The molecule has 0 bridgehead atoms. The highest BCUT2D eigenvalue weighted by molar-refractivity contribution is 7.80. The SMILES string of the molecule is NC(=S)Nc1ccc(CNC(=O)OCc2ccccc2)cc1. The van der Waals surface area contributed by atoms with Crippen LogP contribution >= 0.6 is 12.2 Å². The molecule has 0 heterocycles. The molecule has 0 unspecified atom stereocenters. The molecule has 22 heavy (non-hydrogen) atoms. The third-order valence-electron chi connectivity index (χ3n) is 2.87. The number of nitrogens with two attached hydrogens (primary N) is 1. The van der Waals surface area contributed by atoms with Gasteiger partial charge in [0.2, 0.25) is 0 Å². The predicted octanol–water partition coefficient (Wildman–Crippen LogP) is 2.77. The first-order chi connectivity index (χ1) is 10.6. The van der Waals surface area contributed by atoms with Crippen LogP contribution in [0.25, 0.3) is 0 Å². The van der Waals surface area contributed by atoms with Crippen molar-refractivity contribution in [1.82, 2.24) is 5.32 Å². The maximum Gasteiger partial charge on any atom is 0.407 e. The minimum absolute atomic E-state index is 0.218. The Hall–Kier alpha value is -2.60. The van der Waals surface area contributed by atoms with Gasteiger partial charge in [0.05, 0.1) is 0 Å². The Bertz CT molecular complexity index is 630. The molecule has 0 fully saturated rings. The van der Waals surface area contributed by atoms with Gasteiger partial charge in [-0.2, -0.15) is 0 Å². The lowest BCUT2D eigenvalue weighted by molar-refractivity contribution is 0.139. The Balaban J connectivity index is 1.75. The average Bonchev–Trinajstić information content (AvgIpc) is 2.53. The molecule has 2 aromatic rings. The van der Waals surface area contributed by atoms with Crippen LogP contribution in [0.5, 0.6) is 0 Å². The van der Waals surface area contributed by atoms with Crippen LogP contribution in [0.4, 0.5) is 10.5 Å². The van der Waals surface area contributed by atoms with E-state index >= 15 is 0 Å². The molecule has 0 saturated heterocycles. The van der Waals surface area contributed by atoms with E-state index in [2.05, 4.69) is 10.6 Å². The Labute approximate surface area is 134 Å². The summed E-state index contributed by atoms with van der Waals surface area (Å²) in [5.41, 5.74) is 8.10. The molecule has 114 valence electrons. The zero-order valence-corrected chi connectivity index (χ0v) is 12.7. The standard InChI is InChI=1S/C16H17N3O2S/c17-15(22)19-14-8-6-12(7-9-14)10-18-16(20)21-11-13-4-2-1-3-5-13/h1-9H,10-11H2,(H,18,20)(H3,17,19,22).